The molecule has 2 aromatic carbocycles. The maximum atomic E-state index is 14.7. The van der Waals surface area contributed by atoms with E-state index in [1.54, 1.807) is 36.4 Å². The fraction of sp³-hybridized carbons (Fsp3) is 0.458. The lowest BCUT2D eigenvalue weighted by molar-refractivity contribution is 0.0726. The van der Waals surface area contributed by atoms with E-state index in [0.29, 0.717) is 17.0 Å². The Bertz CT molecular complexity index is 781. The molecule has 1 aliphatic rings. The normalized spacial score (nSPS) is 19.4. The maximum Gasteiger partial charge on any atom is 0.343 e. The Morgan fingerprint density at radius 3 is 2.36 bits per heavy atom. The van der Waals surface area contributed by atoms with E-state index in [4.69, 9.17) is 4.74 Å². The van der Waals surface area contributed by atoms with E-state index in [-0.39, 0.29) is 11.7 Å². The van der Waals surface area contributed by atoms with Gasteiger partial charge in [-0.1, -0.05) is 56.9 Å². The van der Waals surface area contributed by atoms with Crippen LogP contribution in [-0.4, -0.2) is 5.97 Å². The maximum absolute atomic E-state index is 14.7. The molecule has 3 rings (SSSR count). The largest absolute Gasteiger partial charge is 0.420 e. The smallest absolute Gasteiger partial charge is 0.343 e. The number of hydrogen-bond acceptors (Lipinski definition) is 2. The summed E-state index contributed by atoms with van der Waals surface area (Å²) in [5.74, 6) is -2.26. The highest BCUT2D eigenvalue weighted by atomic mass is 19.2. The molecule has 0 aliphatic heterocycles. The summed E-state index contributed by atoms with van der Waals surface area (Å²) in [5.41, 5.74) is 0.705. The molecule has 28 heavy (non-hydrogen) atoms. The molecule has 0 aromatic heterocycles. The van der Waals surface area contributed by atoms with Crippen molar-refractivity contribution in [2.75, 3.05) is 0 Å². The van der Waals surface area contributed by atoms with E-state index in [1.807, 2.05) is 0 Å². The Morgan fingerprint density at radius 1 is 0.964 bits per heavy atom. The second-order valence-electron chi connectivity index (χ2n) is 7.75. The number of carbonyl (C=O) groups is 1. The van der Waals surface area contributed by atoms with Crippen molar-refractivity contribution in [1.29, 1.82) is 0 Å². The molecule has 0 N–H and O–H groups in total. The molecule has 0 radical (unpaired) electrons. The lowest BCUT2D eigenvalue weighted by Gasteiger charge is -2.29. The highest BCUT2D eigenvalue weighted by Crippen LogP contribution is 2.40. The Balaban J connectivity index is 1.63. The first-order chi connectivity index (χ1) is 13.6. The van der Waals surface area contributed by atoms with Gasteiger partial charge in [0.25, 0.3) is 0 Å². The highest BCUT2D eigenvalue weighted by molar-refractivity contribution is 5.91. The van der Waals surface area contributed by atoms with Crippen molar-refractivity contribution < 1.29 is 18.3 Å². The van der Waals surface area contributed by atoms with Crippen LogP contribution in [0.3, 0.4) is 0 Å². The Morgan fingerprint density at radius 2 is 1.68 bits per heavy atom. The number of benzene rings is 2. The van der Waals surface area contributed by atoms with Crippen LogP contribution in [0, 0.1) is 17.6 Å². The molecule has 1 fully saturated rings. The van der Waals surface area contributed by atoms with Crippen LogP contribution in [0.1, 0.15) is 80.1 Å². The van der Waals surface area contributed by atoms with Gasteiger partial charge in [-0.3, -0.25) is 0 Å². The summed E-state index contributed by atoms with van der Waals surface area (Å²) in [6.07, 6.45) is 8.90. The Kier molecular flexibility index (Phi) is 7.18. The van der Waals surface area contributed by atoms with Crippen molar-refractivity contribution in [3.63, 3.8) is 0 Å². The van der Waals surface area contributed by atoms with Gasteiger partial charge in [0.15, 0.2) is 11.6 Å². The molecule has 1 saturated carbocycles. The first-order valence-electron chi connectivity index (χ1n) is 10.3. The van der Waals surface area contributed by atoms with E-state index < -0.39 is 17.6 Å². The molecule has 2 aromatic rings. The van der Waals surface area contributed by atoms with Gasteiger partial charge in [-0.2, -0.15) is 4.39 Å². The van der Waals surface area contributed by atoms with Crippen LogP contribution in [0.25, 0.3) is 0 Å². The van der Waals surface area contributed by atoms with Crippen LogP contribution < -0.4 is 4.74 Å². The monoisotopic (exact) mass is 386 g/mol. The minimum absolute atomic E-state index is 0.0378. The lowest BCUT2D eigenvalue weighted by Crippen LogP contribution is -2.16. The van der Waals surface area contributed by atoms with Crippen molar-refractivity contribution in [2.24, 2.45) is 5.92 Å². The zero-order valence-corrected chi connectivity index (χ0v) is 16.4. The SMILES string of the molecule is CCCCCC1CCC(c2ccc(OC(=O)c3ccccc3)c(F)c2F)CC1. The predicted octanol–water partition coefficient (Wildman–Crippen LogP) is 7.04. The molecule has 0 heterocycles. The topological polar surface area (TPSA) is 26.3 Å². The molecule has 2 nitrogen and oxygen atoms in total. The summed E-state index contributed by atoms with van der Waals surface area (Å²) in [4.78, 5) is 12.1. The first kappa shape index (κ1) is 20.5. The zero-order valence-electron chi connectivity index (χ0n) is 16.4. The van der Waals surface area contributed by atoms with Crippen LogP contribution in [0.15, 0.2) is 42.5 Å². The summed E-state index contributed by atoms with van der Waals surface area (Å²) in [7, 11) is 0. The molecule has 0 bridgehead atoms. The number of carbonyl (C=O) groups excluding carboxylic acids is 1. The molecule has 0 spiro atoms. The van der Waals surface area contributed by atoms with Gasteiger partial charge in [0.1, 0.15) is 0 Å². The van der Waals surface area contributed by atoms with Gasteiger partial charge in [0, 0.05) is 0 Å². The molecule has 0 unspecified atom stereocenters. The average molecular weight is 386 g/mol. The van der Waals surface area contributed by atoms with Crippen molar-refractivity contribution in [3.05, 3.63) is 65.2 Å². The standard InChI is InChI=1S/C24H28F2O2/c1-2-3-5-8-17-11-13-18(14-12-17)20-15-16-21(23(26)22(20)25)28-24(27)19-9-6-4-7-10-19/h4,6-7,9-10,15-18H,2-3,5,8,11-14H2,1H3. The number of rotatable bonds is 7. The summed E-state index contributed by atoms with van der Waals surface area (Å²) in [6, 6.07) is 11.2. The first-order valence-corrected chi connectivity index (χ1v) is 10.3. The van der Waals surface area contributed by atoms with Crippen LogP contribution in [-0.2, 0) is 0 Å². The molecule has 0 saturated heterocycles. The highest BCUT2D eigenvalue weighted by Gasteiger charge is 2.27. The summed E-state index contributed by atoms with van der Waals surface area (Å²) < 4.78 is 34.3. The van der Waals surface area contributed by atoms with Gasteiger partial charge in [0.2, 0.25) is 5.82 Å². The third-order valence-corrected chi connectivity index (χ3v) is 5.79. The quantitative estimate of drug-likeness (QED) is 0.290. The minimum Gasteiger partial charge on any atom is -0.420 e. The fourth-order valence-electron chi connectivity index (χ4n) is 4.12. The van der Waals surface area contributed by atoms with Gasteiger partial charge in [-0.15, -0.1) is 0 Å². The number of hydrogen-bond donors (Lipinski definition) is 0. The molecule has 4 heteroatoms. The van der Waals surface area contributed by atoms with E-state index >= 15 is 0 Å². The van der Waals surface area contributed by atoms with E-state index in [0.717, 1.165) is 25.7 Å². The number of esters is 1. The van der Waals surface area contributed by atoms with Crippen molar-refractivity contribution in [2.45, 2.75) is 64.2 Å². The average Bonchev–Trinajstić information content (AvgIpc) is 2.73. The van der Waals surface area contributed by atoms with Crippen molar-refractivity contribution >= 4 is 5.97 Å². The van der Waals surface area contributed by atoms with Gasteiger partial charge in [-0.25, -0.2) is 9.18 Å². The van der Waals surface area contributed by atoms with Crippen LogP contribution in [0.4, 0.5) is 8.78 Å². The van der Waals surface area contributed by atoms with E-state index in [1.165, 1.54) is 31.7 Å². The van der Waals surface area contributed by atoms with Gasteiger partial charge < -0.3 is 4.74 Å². The predicted molar refractivity (Wildman–Crippen MR) is 107 cm³/mol. The molecule has 150 valence electrons. The van der Waals surface area contributed by atoms with Crippen LogP contribution in [0.5, 0.6) is 5.75 Å². The molecule has 0 atom stereocenters. The van der Waals surface area contributed by atoms with Crippen molar-refractivity contribution in [1.82, 2.24) is 0 Å². The number of unbranched alkanes of at least 4 members (excludes halogenated alkanes) is 2. The second-order valence-corrected chi connectivity index (χ2v) is 7.75. The summed E-state index contributed by atoms with van der Waals surface area (Å²) in [5, 5.41) is 0. The fourth-order valence-corrected chi connectivity index (χ4v) is 4.12. The molecule has 1 aliphatic carbocycles. The summed E-state index contributed by atoms with van der Waals surface area (Å²) in [6.45, 7) is 2.20. The third kappa shape index (κ3) is 4.98. The van der Waals surface area contributed by atoms with E-state index in [2.05, 4.69) is 6.92 Å². The lowest BCUT2D eigenvalue weighted by atomic mass is 9.77. The number of ether oxygens (including phenoxy) is 1. The number of halogens is 2. The summed E-state index contributed by atoms with van der Waals surface area (Å²) >= 11 is 0. The van der Waals surface area contributed by atoms with Gasteiger partial charge in [-0.05, 0) is 61.3 Å². The van der Waals surface area contributed by atoms with Crippen LogP contribution >= 0.6 is 0 Å². The minimum atomic E-state index is -1.08. The van der Waals surface area contributed by atoms with Crippen LogP contribution in [0.2, 0.25) is 0 Å². The second kappa shape index (κ2) is 9.81. The van der Waals surface area contributed by atoms with Gasteiger partial charge >= 0.3 is 5.97 Å². The molecular formula is C24H28F2O2. The van der Waals surface area contributed by atoms with Gasteiger partial charge in [0.05, 0.1) is 5.56 Å². The third-order valence-electron chi connectivity index (χ3n) is 5.79. The van der Waals surface area contributed by atoms with Crippen molar-refractivity contribution in [3.8, 4) is 5.75 Å². The zero-order chi connectivity index (χ0) is 19.9. The van der Waals surface area contributed by atoms with E-state index in [9.17, 15) is 13.6 Å². The Labute approximate surface area is 165 Å². The Hall–Kier alpha value is -2.23. The molecular weight excluding hydrogens is 358 g/mol. The molecule has 0 amide bonds.